The molecule has 0 aromatic carbocycles. The second-order valence-corrected chi connectivity index (χ2v) is 7.34. The van der Waals surface area contributed by atoms with Gasteiger partial charge in [-0.25, -0.2) is 14.8 Å². The first kappa shape index (κ1) is 19.9. The Morgan fingerprint density at radius 1 is 1.35 bits per heavy atom. The molecule has 0 bridgehead atoms. The second kappa shape index (κ2) is 8.78. The van der Waals surface area contributed by atoms with Gasteiger partial charge in [-0.15, -0.1) is 11.3 Å². The van der Waals surface area contributed by atoms with Crippen LogP contribution in [0, 0.1) is 32.1 Å². The quantitative estimate of drug-likeness (QED) is 0.458. The maximum absolute atomic E-state index is 12.2. The van der Waals surface area contributed by atoms with E-state index in [0.29, 0.717) is 38.6 Å². The van der Waals surface area contributed by atoms with Gasteiger partial charge < -0.3 is 10.1 Å². The number of esters is 1. The molecule has 0 radical (unpaired) electrons. The Kier molecular flexibility index (Phi) is 6.71. The molecule has 0 aliphatic heterocycles. The predicted octanol–water partition coefficient (Wildman–Crippen LogP) is 3.24. The lowest BCUT2D eigenvalue weighted by Gasteiger charge is -2.06. The number of thiophene rings is 1. The van der Waals surface area contributed by atoms with Gasteiger partial charge in [-0.05, 0) is 39.3 Å². The number of aromatic nitrogens is 2. The lowest BCUT2D eigenvalue weighted by Crippen LogP contribution is -2.13. The molecule has 0 aliphatic carbocycles. The van der Waals surface area contributed by atoms with E-state index < -0.39 is 5.97 Å². The van der Waals surface area contributed by atoms with Crippen molar-refractivity contribution in [2.75, 3.05) is 17.7 Å². The number of hydrogen-bond donors (Lipinski definition) is 1. The number of nitriles is 1. The van der Waals surface area contributed by atoms with Gasteiger partial charge in [-0.2, -0.15) is 5.26 Å². The summed E-state index contributed by atoms with van der Waals surface area (Å²) in [6.45, 7) is 7.31. The number of ether oxygens (including phenoxy) is 1. The highest BCUT2D eigenvalue weighted by atomic mass is 32.2. The van der Waals surface area contributed by atoms with Crippen molar-refractivity contribution in [1.82, 2.24) is 9.97 Å². The fraction of sp³-hybridized carbons (Fsp3) is 0.353. The van der Waals surface area contributed by atoms with Crippen LogP contribution in [0.1, 0.15) is 39.2 Å². The summed E-state index contributed by atoms with van der Waals surface area (Å²) < 4.78 is 4.99. The number of aryl methyl sites for hydroxylation is 3. The lowest BCUT2D eigenvalue weighted by atomic mass is 10.3. The summed E-state index contributed by atoms with van der Waals surface area (Å²) in [4.78, 5) is 32.9. The Morgan fingerprint density at radius 3 is 2.73 bits per heavy atom. The summed E-state index contributed by atoms with van der Waals surface area (Å²) in [5.41, 5.74) is 1.73. The zero-order valence-corrected chi connectivity index (χ0v) is 16.5. The van der Waals surface area contributed by atoms with E-state index in [1.807, 2.05) is 0 Å². The third-order valence-electron chi connectivity index (χ3n) is 3.26. The van der Waals surface area contributed by atoms with Crippen LogP contribution in [0.4, 0.5) is 5.00 Å². The van der Waals surface area contributed by atoms with Crippen molar-refractivity contribution in [3.63, 3.8) is 0 Å². The molecule has 0 spiro atoms. The van der Waals surface area contributed by atoms with Crippen LogP contribution in [-0.4, -0.2) is 34.2 Å². The molecule has 0 unspecified atom stereocenters. The van der Waals surface area contributed by atoms with Crippen LogP contribution in [0.15, 0.2) is 11.1 Å². The fourth-order valence-electron chi connectivity index (χ4n) is 2.16. The van der Waals surface area contributed by atoms with Crippen LogP contribution in [0.2, 0.25) is 0 Å². The SMILES string of the molecule is CCOC(=O)c1sc(NC(=O)CSc2nc(C)nc(C)c2C#N)cc1C. The molecule has 0 atom stereocenters. The van der Waals surface area contributed by atoms with Gasteiger partial charge in [0.15, 0.2) is 0 Å². The van der Waals surface area contributed by atoms with Gasteiger partial charge in [0.25, 0.3) is 0 Å². The molecule has 136 valence electrons. The maximum Gasteiger partial charge on any atom is 0.348 e. The number of thioether (sulfide) groups is 1. The van der Waals surface area contributed by atoms with E-state index in [4.69, 9.17) is 4.74 Å². The van der Waals surface area contributed by atoms with Crippen molar-refractivity contribution in [1.29, 1.82) is 5.26 Å². The lowest BCUT2D eigenvalue weighted by molar-refractivity contribution is -0.113. The second-order valence-electron chi connectivity index (χ2n) is 5.33. The van der Waals surface area contributed by atoms with Crippen molar-refractivity contribution in [3.8, 4) is 6.07 Å². The van der Waals surface area contributed by atoms with Crippen LogP contribution in [-0.2, 0) is 9.53 Å². The number of hydrogen-bond acceptors (Lipinski definition) is 8. The van der Waals surface area contributed by atoms with Gasteiger partial charge in [-0.3, -0.25) is 4.79 Å². The van der Waals surface area contributed by atoms with Crippen molar-refractivity contribution in [3.05, 3.63) is 33.6 Å². The summed E-state index contributed by atoms with van der Waals surface area (Å²) in [5, 5.41) is 13.1. The smallest absolute Gasteiger partial charge is 0.348 e. The topological polar surface area (TPSA) is 105 Å². The Bertz CT molecular complexity index is 887. The first-order valence-electron chi connectivity index (χ1n) is 7.81. The third-order valence-corrected chi connectivity index (χ3v) is 5.37. The van der Waals surface area contributed by atoms with Gasteiger partial charge in [-0.1, -0.05) is 11.8 Å². The first-order chi connectivity index (χ1) is 12.3. The van der Waals surface area contributed by atoms with Crippen molar-refractivity contribution in [2.45, 2.75) is 32.7 Å². The van der Waals surface area contributed by atoms with Crippen LogP contribution in [0.3, 0.4) is 0 Å². The van der Waals surface area contributed by atoms with E-state index in [-0.39, 0.29) is 11.7 Å². The summed E-state index contributed by atoms with van der Waals surface area (Å²) in [6.07, 6.45) is 0. The zero-order valence-electron chi connectivity index (χ0n) is 14.9. The van der Waals surface area contributed by atoms with E-state index in [1.54, 1.807) is 33.8 Å². The highest BCUT2D eigenvalue weighted by molar-refractivity contribution is 8.00. The number of nitrogens with one attached hydrogen (secondary N) is 1. The standard InChI is InChI=1S/C17H18N4O3S2/c1-5-24-17(23)15-9(2)6-14(26-15)21-13(22)8-25-16-12(7-18)10(3)19-11(4)20-16/h6H,5,8H2,1-4H3,(H,21,22). The van der Waals surface area contributed by atoms with E-state index in [1.165, 1.54) is 23.1 Å². The zero-order chi connectivity index (χ0) is 19.3. The third kappa shape index (κ3) is 4.80. The van der Waals surface area contributed by atoms with Gasteiger partial charge in [0.05, 0.1) is 23.1 Å². The van der Waals surface area contributed by atoms with E-state index in [0.717, 1.165) is 5.56 Å². The molecule has 2 heterocycles. The van der Waals surface area contributed by atoms with E-state index >= 15 is 0 Å². The average Bonchev–Trinajstić information content (AvgIpc) is 2.93. The van der Waals surface area contributed by atoms with Crippen LogP contribution in [0.25, 0.3) is 0 Å². The molecule has 2 rings (SSSR count). The monoisotopic (exact) mass is 390 g/mol. The molecule has 0 aliphatic rings. The van der Waals surface area contributed by atoms with Crippen molar-refractivity contribution in [2.24, 2.45) is 0 Å². The van der Waals surface area contributed by atoms with E-state index in [9.17, 15) is 14.9 Å². The minimum atomic E-state index is -0.393. The number of carbonyl (C=O) groups excluding carboxylic acids is 2. The molecule has 26 heavy (non-hydrogen) atoms. The first-order valence-corrected chi connectivity index (χ1v) is 9.61. The Labute approximate surface area is 159 Å². The summed E-state index contributed by atoms with van der Waals surface area (Å²) in [5.74, 6) is 0.00769. The minimum Gasteiger partial charge on any atom is -0.462 e. The van der Waals surface area contributed by atoms with E-state index in [2.05, 4.69) is 21.4 Å². The molecular weight excluding hydrogens is 372 g/mol. The molecule has 0 saturated heterocycles. The molecule has 7 nitrogen and oxygen atoms in total. The number of rotatable bonds is 6. The molecule has 1 N–H and O–H groups in total. The van der Waals surface area contributed by atoms with Gasteiger partial charge in [0.1, 0.15) is 27.4 Å². The number of carbonyl (C=O) groups is 2. The van der Waals surface area contributed by atoms with Crippen LogP contribution >= 0.6 is 23.1 Å². The molecule has 0 saturated carbocycles. The molecule has 9 heteroatoms. The Hall–Kier alpha value is -2.44. The summed E-state index contributed by atoms with van der Waals surface area (Å²) in [7, 11) is 0. The van der Waals surface area contributed by atoms with Crippen molar-refractivity contribution < 1.29 is 14.3 Å². The fourth-order valence-corrected chi connectivity index (χ4v) is 4.02. The Balaban J connectivity index is 2.04. The highest BCUT2D eigenvalue weighted by Gasteiger charge is 2.17. The maximum atomic E-state index is 12.2. The summed E-state index contributed by atoms with van der Waals surface area (Å²) >= 11 is 2.36. The summed E-state index contributed by atoms with van der Waals surface area (Å²) in [6, 6.07) is 3.81. The van der Waals surface area contributed by atoms with Crippen molar-refractivity contribution >= 4 is 40.0 Å². The van der Waals surface area contributed by atoms with Crippen LogP contribution < -0.4 is 5.32 Å². The predicted molar refractivity (Wildman–Crippen MR) is 101 cm³/mol. The largest absolute Gasteiger partial charge is 0.462 e. The van der Waals surface area contributed by atoms with Gasteiger partial charge >= 0.3 is 5.97 Å². The normalized spacial score (nSPS) is 10.3. The molecular formula is C17H18N4O3S2. The minimum absolute atomic E-state index is 0.0935. The molecule has 1 amide bonds. The average molecular weight is 390 g/mol. The molecule has 0 fully saturated rings. The Morgan fingerprint density at radius 2 is 2.08 bits per heavy atom. The highest BCUT2D eigenvalue weighted by Crippen LogP contribution is 2.28. The number of nitrogens with zero attached hydrogens (tertiary/aromatic N) is 3. The van der Waals surface area contributed by atoms with Gasteiger partial charge in [0.2, 0.25) is 5.91 Å². The number of anilines is 1. The van der Waals surface area contributed by atoms with Crippen LogP contribution in [0.5, 0.6) is 0 Å². The molecule has 2 aromatic rings. The number of amides is 1. The van der Waals surface area contributed by atoms with Gasteiger partial charge in [0, 0.05) is 0 Å². The molecule has 2 aromatic heterocycles.